The van der Waals surface area contributed by atoms with Crippen molar-refractivity contribution in [1.82, 2.24) is 9.88 Å². The van der Waals surface area contributed by atoms with Crippen LogP contribution in [0, 0.1) is 0 Å². The quantitative estimate of drug-likeness (QED) is 0.747. The van der Waals surface area contributed by atoms with Crippen molar-refractivity contribution in [3.05, 3.63) is 34.2 Å². The predicted octanol–water partition coefficient (Wildman–Crippen LogP) is 0.186. The number of carbonyl (C=O) groups excluding carboxylic acids is 1. The number of hydrogen-bond acceptors (Lipinski definition) is 3. The molecule has 3 N–H and O–H groups in total. The molecule has 1 heterocycles. The second-order valence-corrected chi connectivity index (χ2v) is 3.46. The Balaban J connectivity index is 2.78. The molecule has 88 valence electrons. The van der Waals surface area contributed by atoms with E-state index in [0.29, 0.717) is 25.3 Å². The van der Waals surface area contributed by atoms with Gasteiger partial charge in [-0.15, -0.1) is 0 Å². The SMILES string of the molecule is CCN(CCCN)C(=O)c1cccc(=O)[nH]1. The van der Waals surface area contributed by atoms with Crippen LogP contribution in [0.1, 0.15) is 23.8 Å². The first-order valence-corrected chi connectivity index (χ1v) is 5.37. The molecule has 5 heteroatoms. The van der Waals surface area contributed by atoms with Gasteiger partial charge >= 0.3 is 0 Å². The summed E-state index contributed by atoms with van der Waals surface area (Å²) in [6, 6.07) is 4.56. The molecule has 1 aromatic heterocycles. The largest absolute Gasteiger partial charge is 0.338 e. The van der Waals surface area contributed by atoms with Crippen LogP contribution in [0.2, 0.25) is 0 Å². The molecule has 0 fully saturated rings. The number of hydrogen-bond donors (Lipinski definition) is 2. The van der Waals surface area contributed by atoms with Crippen molar-refractivity contribution in [3.8, 4) is 0 Å². The maximum absolute atomic E-state index is 11.9. The summed E-state index contributed by atoms with van der Waals surface area (Å²) in [6.45, 7) is 3.67. The van der Waals surface area contributed by atoms with Crippen LogP contribution in [-0.4, -0.2) is 35.4 Å². The predicted molar refractivity (Wildman–Crippen MR) is 62.3 cm³/mol. The number of nitrogens with one attached hydrogen (secondary N) is 1. The molecule has 1 aromatic rings. The Morgan fingerprint density at radius 1 is 1.50 bits per heavy atom. The molecule has 0 aliphatic heterocycles. The van der Waals surface area contributed by atoms with Crippen molar-refractivity contribution in [2.45, 2.75) is 13.3 Å². The first-order chi connectivity index (χ1) is 7.69. The van der Waals surface area contributed by atoms with Gasteiger partial charge in [0.2, 0.25) is 5.56 Å². The summed E-state index contributed by atoms with van der Waals surface area (Å²) >= 11 is 0. The highest BCUT2D eigenvalue weighted by atomic mass is 16.2. The molecule has 0 saturated carbocycles. The van der Waals surface area contributed by atoms with Crippen molar-refractivity contribution in [3.63, 3.8) is 0 Å². The van der Waals surface area contributed by atoms with Gasteiger partial charge in [0.15, 0.2) is 0 Å². The number of carbonyl (C=O) groups is 1. The fourth-order valence-corrected chi connectivity index (χ4v) is 1.43. The summed E-state index contributed by atoms with van der Waals surface area (Å²) in [5, 5.41) is 0. The minimum absolute atomic E-state index is 0.159. The third kappa shape index (κ3) is 3.20. The van der Waals surface area contributed by atoms with E-state index in [4.69, 9.17) is 5.73 Å². The summed E-state index contributed by atoms with van der Waals surface area (Å²) in [7, 11) is 0. The van der Waals surface area contributed by atoms with Gasteiger partial charge in [-0.1, -0.05) is 6.07 Å². The zero-order valence-electron chi connectivity index (χ0n) is 9.40. The number of aromatic nitrogens is 1. The lowest BCUT2D eigenvalue weighted by Crippen LogP contribution is -2.34. The van der Waals surface area contributed by atoms with E-state index in [0.717, 1.165) is 6.42 Å². The molecule has 1 rings (SSSR count). The van der Waals surface area contributed by atoms with Crippen molar-refractivity contribution >= 4 is 5.91 Å². The minimum atomic E-state index is -0.263. The highest BCUT2D eigenvalue weighted by Crippen LogP contribution is 2.00. The van der Waals surface area contributed by atoms with E-state index in [9.17, 15) is 9.59 Å². The molecule has 0 radical (unpaired) electrons. The Morgan fingerprint density at radius 3 is 2.81 bits per heavy atom. The number of amides is 1. The monoisotopic (exact) mass is 223 g/mol. The van der Waals surface area contributed by atoms with Gasteiger partial charge in [-0.25, -0.2) is 0 Å². The van der Waals surface area contributed by atoms with E-state index < -0.39 is 0 Å². The van der Waals surface area contributed by atoms with Crippen molar-refractivity contribution < 1.29 is 4.79 Å². The van der Waals surface area contributed by atoms with Crippen LogP contribution in [0.5, 0.6) is 0 Å². The number of rotatable bonds is 5. The topological polar surface area (TPSA) is 79.2 Å². The lowest BCUT2D eigenvalue weighted by Gasteiger charge is -2.20. The number of H-pyrrole nitrogens is 1. The van der Waals surface area contributed by atoms with Crippen LogP contribution in [0.4, 0.5) is 0 Å². The molecule has 0 aliphatic carbocycles. The molecular weight excluding hydrogens is 206 g/mol. The minimum Gasteiger partial charge on any atom is -0.338 e. The van der Waals surface area contributed by atoms with E-state index >= 15 is 0 Å². The summed E-state index contributed by atoms with van der Waals surface area (Å²) in [5.41, 5.74) is 5.46. The van der Waals surface area contributed by atoms with Crippen molar-refractivity contribution in [2.75, 3.05) is 19.6 Å². The zero-order chi connectivity index (χ0) is 12.0. The highest BCUT2D eigenvalue weighted by molar-refractivity contribution is 5.92. The van der Waals surface area contributed by atoms with Gasteiger partial charge in [0.1, 0.15) is 5.69 Å². The fraction of sp³-hybridized carbons (Fsp3) is 0.455. The molecule has 0 aromatic carbocycles. The van der Waals surface area contributed by atoms with E-state index in [1.54, 1.807) is 17.0 Å². The van der Waals surface area contributed by atoms with Gasteiger partial charge in [0.05, 0.1) is 0 Å². The standard InChI is InChI=1S/C11H17N3O2/c1-2-14(8-4-7-12)11(16)9-5-3-6-10(15)13-9/h3,5-6H,2,4,7-8,12H2,1H3,(H,13,15). The van der Waals surface area contributed by atoms with E-state index in [2.05, 4.69) is 4.98 Å². The number of pyridine rings is 1. The van der Waals surface area contributed by atoms with Crippen LogP contribution in [0.25, 0.3) is 0 Å². The number of nitrogens with two attached hydrogens (primary N) is 1. The second-order valence-electron chi connectivity index (χ2n) is 3.46. The Morgan fingerprint density at radius 2 is 2.25 bits per heavy atom. The van der Waals surface area contributed by atoms with Crippen molar-refractivity contribution in [1.29, 1.82) is 0 Å². The average molecular weight is 223 g/mol. The van der Waals surface area contributed by atoms with E-state index in [1.165, 1.54) is 6.07 Å². The number of nitrogens with zero attached hydrogens (tertiary/aromatic N) is 1. The van der Waals surface area contributed by atoms with Crippen LogP contribution in [-0.2, 0) is 0 Å². The maximum atomic E-state index is 11.9. The first-order valence-electron chi connectivity index (χ1n) is 5.37. The Bertz CT molecular complexity index is 400. The lowest BCUT2D eigenvalue weighted by atomic mass is 10.3. The molecule has 0 aliphatic rings. The van der Waals surface area contributed by atoms with Gasteiger partial charge in [-0.2, -0.15) is 0 Å². The molecule has 0 bridgehead atoms. The molecule has 0 spiro atoms. The summed E-state index contributed by atoms with van der Waals surface area (Å²) in [5.74, 6) is -0.159. The Labute approximate surface area is 94.3 Å². The van der Waals surface area contributed by atoms with Gasteiger partial charge in [0, 0.05) is 19.2 Å². The Kier molecular flexibility index (Phi) is 4.72. The van der Waals surface area contributed by atoms with Gasteiger partial charge in [-0.05, 0) is 26.0 Å². The normalized spacial score (nSPS) is 10.1. The average Bonchev–Trinajstić information content (AvgIpc) is 2.29. The summed E-state index contributed by atoms with van der Waals surface area (Å²) in [6.07, 6.45) is 0.761. The summed E-state index contributed by atoms with van der Waals surface area (Å²) < 4.78 is 0. The zero-order valence-corrected chi connectivity index (χ0v) is 9.40. The summed E-state index contributed by atoms with van der Waals surface area (Å²) in [4.78, 5) is 27.2. The molecular formula is C11H17N3O2. The van der Waals surface area contributed by atoms with Crippen molar-refractivity contribution in [2.24, 2.45) is 5.73 Å². The highest BCUT2D eigenvalue weighted by Gasteiger charge is 2.13. The van der Waals surface area contributed by atoms with Gasteiger partial charge in [0.25, 0.3) is 5.91 Å². The van der Waals surface area contributed by atoms with E-state index in [-0.39, 0.29) is 11.5 Å². The second kappa shape index (κ2) is 6.07. The van der Waals surface area contributed by atoms with Crippen LogP contribution in [0.3, 0.4) is 0 Å². The molecule has 5 nitrogen and oxygen atoms in total. The molecule has 0 unspecified atom stereocenters. The fourth-order valence-electron chi connectivity index (χ4n) is 1.43. The Hall–Kier alpha value is -1.62. The van der Waals surface area contributed by atoms with Gasteiger partial charge < -0.3 is 15.6 Å². The lowest BCUT2D eigenvalue weighted by molar-refractivity contribution is 0.0757. The van der Waals surface area contributed by atoms with Crippen LogP contribution in [0.15, 0.2) is 23.0 Å². The smallest absolute Gasteiger partial charge is 0.270 e. The molecule has 0 saturated heterocycles. The third-order valence-corrected chi connectivity index (χ3v) is 2.30. The van der Waals surface area contributed by atoms with Crippen LogP contribution < -0.4 is 11.3 Å². The van der Waals surface area contributed by atoms with Crippen LogP contribution >= 0.6 is 0 Å². The van der Waals surface area contributed by atoms with Gasteiger partial charge in [-0.3, -0.25) is 9.59 Å². The van der Waals surface area contributed by atoms with E-state index in [1.807, 2.05) is 6.92 Å². The first kappa shape index (κ1) is 12.4. The maximum Gasteiger partial charge on any atom is 0.270 e. The third-order valence-electron chi connectivity index (χ3n) is 2.30. The molecule has 16 heavy (non-hydrogen) atoms. The molecule has 1 amide bonds. The molecule has 0 atom stereocenters. The number of aromatic amines is 1.